The number of carbonyl (C=O) groups is 2. The Balaban J connectivity index is 2.00. The summed E-state index contributed by atoms with van der Waals surface area (Å²) in [4.78, 5) is 27.8. The molecular weight excluding hydrogens is 302 g/mol. The van der Waals surface area contributed by atoms with E-state index in [2.05, 4.69) is 0 Å². The number of furan rings is 1. The third-order valence-electron chi connectivity index (χ3n) is 3.92. The molecule has 0 aliphatic carbocycles. The van der Waals surface area contributed by atoms with E-state index in [0.717, 1.165) is 16.9 Å². The second kappa shape index (κ2) is 5.61. The second-order valence-corrected chi connectivity index (χ2v) is 6.30. The van der Waals surface area contributed by atoms with E-state index in [1.54, 1.807) is 36.2 Å². The Morgan fingerprint density at radius 2 is 2.18 bits per heavy atom. The number of methoxy groups -OCH3 is 1. The van der Waals surface area contributed by atoms with Crippen molar-refractivity contribution in [1.82, 2.24) is 4.90 Å². The van der Waals surface area contributed by atoms with Gasteiger partial charge in [-0.1, -0.05) is 0 Å². The lowest BCUT2D eigenvalue weighted by atomic mass is 9.99. The first-order chi connectivity index (χ1) is 10.5. The van der Waals surface area contributed by atoms with Gasteiger partial charge in [-0.15, -0.1) is 11.3 Å². The number of amides is 1. The van der Waals surface area contributed by atoms with Crippen molar-refractivity contribution in [2.75, 3.05) is 13.7 Å². The lowest BCUT2D eigenvalue weighted by molar-refractivity contribution is -0.146. The molecule has 22 heavy (non-hydrogen) atoms. The Bertz CT molecular complexity index is 730. The van der Waals surface area contributed by atoms with Gasteiger partial charge < -0.3 is 14.1 Å². The van der Waals surface area contributed by atoms with Gasteiger partial charge in [0.15, 0.2) is 6.04 Å². The fourth-order valence-electron chi connectivity index (χ4n) is 2.90. The Hall–Kier alpha value is -2.08. The summed E-state index contributed by atoms with van der Waals surface area (Å²) < 4.78 is 10.4. The van der Waals surface area contributed by atoms with Gasteiger partial charge >= 0.3 is 5.97 Å². The van der Waals surface area contributed by atoms with Crippen LogP contribution in [0.2, 0.25) is 0 Å². The molecule has 1 aliphatic heterocycles. The molecule has 0 saturated heterocycles. The predicted octanol–water partition coefficient (Wildman–Crippen LogP) is 2.87. The molecule has 1 aliphatic rings. The van der Waals surface area contributed by atoms with Crippen molar-refractivity contribution < 1.29 is 18.7 Å². The number of hydrogen-bond donors (Lipinski definition) is 0. The van der Waals surface area contributed by atoms with Crippen LogP contribution in [-0.2, 0) is 16.0 Å². The van der Waals surface area contributed by atoms with E-state index >= 15 is 0 Å². The van der Waals surface area contributed by atoms with Crippen molar-refractivity contribution in [3.63, 3.8) is 0 Å². The molecule has 3 heterocycles. The summed E-state index contributed by atoms with van der Waals surface area (Å²) in [5.74, 6) is 0.651. The van der Waals surface area contributed by atoms with E-state index < -0.39 is 12.0 Å². The second-order valence-electron chi connectivity index (χ2n) is 5.30. The van der Waals surface area contributed by atoms with Crippen LogP contribution >= 0.6 is 11.3 Å². The zero-order valence-corrected chi connectivity index (χ0v) is 13.5. The third kappa shape index (κ3) is 2.33. The average Bonchev–Trinajstić information content (AvgIpc) is 3.10. The first kappa shape index (κ1) is 14.8. The van der Waals surface area contributed by atoms with Crippen molar-refractivity contribution in [3.05, 3.63) is 45.0 Å². The maximum absolute atomic E-state index is 12.9. The number of esters is 1. The van der Waals surface area contributed by atoms with Gasteiger partial charge in [0.2, 0.25) is 0 Å². The Morgan fingerprint density at radius 3 is 2.82 bits per heavy atom. The van der Waals surface area contributed by atoms with Crippen LogP contribution in [0.3, 0.4) is 0 Å². The van der Waals surface area contributed by atoms with Crippen molar-refractivity contribution in [2.45, 2.75) is 26.3 Å². The highest BCUT2D eigenvalue weighted by molar-refractivity contribution is 7.10. The summed E-state index contributed by atoms with van der Waals surface area (Å²) >= 11 is 1.61. The van der Waals surface area contributed by atoms with Gasteiger partial charge in [0.1, 0.15) is 11.5 Å². The molecule has 116 valence electrons. The number of carbonyl (C=O) groups excluding carboxylic acids is 2. The van der Waals surface area contributed by atoms with Gasteiger partial charge in [-0.3, -0.25) is 4.79 Å². The van der Waals surface area contributed by atoms with Crippen molar-refractivity contribution in [2.24, 2.45) is 0 Å². The minimum atomic E-state index is -0.679. The van der Waals surface area contributed by atoms with Crippen LogP contribution in [0, 0.1) is 13.8 Å². The average molecular weight is 319 g/mol. The first-order valence-corrected chi connectivity index (χ1v) is 7.93. The zero-order chi connectivity index (χ0) is 15.9. The van der Waals surface area contributed by atoms with E-state index in [1.165, 1.54) is 7.11 Å². The van der Waals surface area contributed by atoms with Crippen molar-refractivity contribution in [1.29, 1.82) is 0 Å². The van der Waals surface area contributed by atoms with Crippen LogP contribution in [0.1, 0.15) is 38.4 Å². The molecule has 1 amide bonds. The molecule has 6 heteroatoms. The Morgan fingerprint density at radius 1 is 1.41 bits per heavy atom. The molecule has 0 spiro atoms. The van der Waals surface area contributed by atoms with Gasteiger partial charge in [0.25, 0.3) is 5.91 Å². The zero-order valence-electron chi connectivity index (χ0n) is 12.7. The Labute approximate surface area is 132 Å². The molecule has 1 atom stereocenters. The number of aryl methyl sites for hydroxylation is 2. The number of fused-ring (bicyclic) bond motifs is 1. The SMILES string of the molecule is COC(=O)C1c2ccsc2CCN1C(=O)c1cc(C)oc1C. The number of hydrogen-bond acceptors (Lipinski definition) is 5. The highest BCUT2D eigenvalue weighted by Gasteiger charge is 2.38. The lowest BCUT2D eigenvalue weighted by Crippen LogP contribution is -2.43. The molecule has 2 aromatic rings. The molecule has 0 N–H and O–H groups in total. The van der Waals surface area contributed by atoms with Crippen molar-refractivity contribution >= 4 is 23.2 Å². The number of thiophene rings is 1. The van der Waals surface area contributed by atoms with E-state index in [0.29, 0.717) is 23.6 Å². The molecule has 1 unspecified atom stereocenters. The van der Waals surface area contributed by atoms with Crippen LogP contribution < -0.4 is 0 Å². The molecular formula is C16H17NO4S. The number of rotatable bonds is 2. The van der Waals surface area contributed by atoms with Crippen molar-refractivity contribution in [3.8, 4) is 0 Å². The summed E-state index contributed by atoms with van der Waals surface area (Å²) in [7, 11) is 1.35. The molecule has 0 aromatic carbocycles. The normalized spacial score (nSPS) is 17.2. The molecule has 0 bridgehead atoms. The molecule has 5 nitrogen and oxygen atoms in total. The topological polar surface area (TPSA) is 59.8 Å². The predicted molar refractivity (Wildman–Crippen MR) is 82.0 cm³/mol. The minimum Gasteiger partial charge on any atom is -0.467 e. The maximum Gasteiger partial charge on any atom is 0.333 e. The third-order valence-corrected chi connectivity index (χ3v) is 4.92. The van der Waals surface area contributed by atoms with Gasteiger partial charge in [0, 0.05) is 11.4 Å². The first-order valence-electron chi connectivity index (χ1n) is 7.05. The van der Waals surface area contributed by atoms with Gasteiger partial charge in [-0.2, -0.15) is 0 Å². The van der Waals surface area contributed by atoms with Gasteiger partial charge in [-0.05, 0) is 43.3 Å². The smallest absolute Gasteiger partial charge is 0.333 e. The van der Waals surface area contributed by atoms with Crippen LogP contribution in [0.15, 0.2) is 21.9 Å². The highest BCUT2D eigenvalue weighted by Crippen LogP contribution is 2.35. The molecule has 0 fully saturated rings. The lowest BCUT2D eigenvalue weighted by Gasteiger charge is -2.33. The summed E-state index contributed by atoms with van der Waals surface area (Å²) in [6, 6.07) is 2.94. The monoisotopic (exact) mass is 319 g/mol. The van der Waals surface area contributed by atoms with E-state index in [9.17, 15) is 9.59 Å². The highest BCUT2D eigenvalue weighted by atomic mass is 32.1. The van der Waals surface area contributed by atoms with Crippen LogP contribution in [0.25, 0.3) is 0 Å². The minimum absolute atomic E-state index is 0.193. The van der Waals surface area contributed by atoms with E-state index in [-0.39, 0.29) is 5.91 Å². The molecule has 0 radical (unpaired) electrons. The van der Waals surface area contributed by atoms with E-state index in [4.69, 9.17) is 9.15 Å². The van der Waals surface area contributed by atoms with Crippen LogP contribution in [0.5, 0.6) is 0 Å². The maximum atomic E-state index is 12.9. The molecule has 3 rings (SSSR count). The van der Waals surface area contributed by atoms with Crippen LogP contribution in [-0.4, -0.2) is 30.4 Å². The molecule has 2 aromatic heterocycles. The fraction of sp³-hybridized carbons (Fsp3) is 0.375. The largest absolute Gasteiger partial charge is 0.467 e. The quantitative estimate of drug-likeness (QED) is 0.799. The summed E-state index contributed by atoms with van der Waals surface area (Å²) in [6.07, 6.45) is 0.752. The summed E-state index contributed by atoms with van der Waals surface area (Å²) in [6.45, 7) is 4.05. The fourth-order valence-corrected chi connectivity index (χ4v) is 3.80. The Kier molecular flexibility index (Phi) is 3.78. The molecule has 0 saturated carbocycles. The van der Waals surface area contributed by atoms with Gasteiger partial charge in [-0.25, -0.2) is 4.79 Å². The summed E-state index contributed by atoms with van der Waals surface area (Å²) in [5.41, 5.74) is 1.37. The van der Waals surface area contributed by atoms with E-state index in [1.807, 2.05) is 11.4 Å². The standard InChI is InChI=1S/C16H17NO4S/c1-9-8-12(10(2)21-9)15(18)17-6-4-13-11(5-7-22-13)14(17)16(19)20-3/h5,7-8,14H,4,6H2,1-3H3. The number of ether oxygens (including phenoxy) is 1. The summed E-state index contributed by atoms with van der Waals surface area (Å²) in [5, 5.41) is 1.95. The number of nitrogens with zero attached hydrogens (tertiary/aromatic N) is 1. The van der Waals surface area contributed by atoms with Crippen LogP contribution in [0.4, 0.5) is 0 Å². The van der Waals surface area contributed by atoms with Gasteiger partial charge in [0.05, 0.1) is 12.7 Å².